The number of hydrogen-bond donors (Lipinski definition) is 0. The predicted octanol–water partition coefficient (Wildman–Crippen LogP) is 4.35. The van der Waals surface area contributed by atoms with Crippen molar-refractivity contribution in [1.29, 1.82) is 0 Å². The normalized spacial score (nSPS) is 20.2. The summed E-state index contributed by atoms with van der Waals surface area (Å²) in [6.07, 6.45) is 0.554. The Bertz CT molecular complexity index is 1440. The molecule has 4 aromatic rings. The van der Waals surface area contributed by atoms with Gasteiger partial charge in [-0.05, 0) is 53.9 Å². The van der Waals surface area contributed by atoms with Crippen LogP contribution in [0.1, 0.15) is 12.0 Å². The molecule has 0 spiro atoms. The fraction of sp³-hybridized carbons (Fsp3) is 0.308. The molecule has 2 atom stereocenters. The fourth-order valence-electron chi connectivity index (χ4n) is 5.10. The Kier molecular flexibility index (Phi) is 5.26. The number of ether oxygens (including phenoxy) is 1. The van der Waals surface area contributed by atoms with Gasteiger partial charge in [0.2, 0.25) is 0 Å². The van der Waals surface area contributed by atoms with Gasteiger partial charge in [0.15, 0.2) is 0 Å². The van der Waals surface area contributed by atoms with E-state index in [4.69, 9.17) is 4.74 Å². The first kappa shape index (κ1) is 22.1. The molecule has 9 heteroatoms. The molecule has 0 aliphatic carbocycles. The highest BCUT2D eigenvalue weighted by molar-refractivity contribution is 5.81. The summed E-state index contributed by atoms with van der Waals surface area (Å²) in [4.78, 5) is 15.3. The third-order valence-electron chi connectivity index (χ3n) is 6.98. The highest BCUT2D eigenvalue weighted by Gasteiger charge is 2.38. The topological polar surface area (TPSA) is 52.3 Å². The lowest BCUT2D eigenvalue weighted by molar-refractivity contribution is -0.137. The van der Waals surface area contributed by atoms with Crippen LogP contribution < -0.4 is 5.56 Å². The molecule has 35 heavy (non-hydrogen) atoms. The SMILES string of the molecule is O=c1cc(-c2ccc(C(F)(F)F)cc2)ccn1-c1ccc2c(cnn2CCN2CC3CC2CO3)c1. The minimum atomic E-state index is -4.39. The van der Waals surface area contributed by atoms with E-state index in [0.717, 1.165) is 55.7 Å². The molecule has 2 aromatic heterocycles. The molecule has 2 fully saturated rings. The van der Waals surface area contributed by atoms with Crippen LogP contribution in [0, 0.1) is 0 Å². The summed E-state index contributed by atoms with van der Waals surface area (Å²) in [7, 11) is 0. The lowest BCUT2D eigenvalue weighted by Gasteiger charge is -2.26. The van der Waals surface area contributed by atoms with Crippen molar-refractivity contribution >= 4 is 10.9 Å². The maximum atomic E-state index is 12.8. The number of benzene rings is 2. The van der Waals surface area contributed by atoms with Crippen LogP contribution >= 0.6 is 0 Å². The average Bonchev–Trinajstić information content (AvgIpc) is 3.58. The van der Waals surface area contributed by atoms with Crippen LogP contribution in [0.25, 0.3) is 27.7 Å². The molecule has 6 rings (SSSR count). The van der Waals surface area contributed by atoms with Crippen molar-refractivity contribution < 1.29 is 17.9 Å². The molecule has 2 saturated heterocycles. The molecule has 6 nitrogen and oxygen atoms in total. The second-order valence-electron chi connectivity index (χ2n) is 9.15. The van der Waals surface area contributed by atoms with Gasteiger partial charge in [-0.15, -0.1) is 0 Å². The van der Waals surface area contributed by atoms with Crippen LogP contribution in [-0.2, 0) is 17.5 Å². The smallest absolute Gasteiger partial charge is 0.375 e. The molecular weight excluding hydrogens is 457 g/mol. The minimum Gasteiger partial charge on any atom is -0.375 e. The van der Waals surface area contributed by atoms with Gasteiger partial charge in [-0.3, -0.25) is 18.9 Å². The zero-order valence-corrected chi connectivity index (χ0v) is 18.8. The number of likely N-dealkylation sites (tertiary alicyclic amines) is 1. The van der Waals surface area contributed by atoms with Crippen LogP contribution in [0.4, 0.5) is 13.2 Å². The molecule has 2 unspecified atom stereocenters. The summed E-state index contributed by atoms with van der Waals surface area (Å²) < 4.78 is 47.6. The van der Waals surface area contributed by atoms with Gasteiger partial charge in [-0.1, -0.05) is 12.1 Å². The highest BCUT2D eigenvalue weighted by atomic mass is 19.4. The lowest BCUT2D eigenvalue weighted by Crippen LogP contribution is -2.38. The Hall–Kier alpha value is -3.43. The summed E-state index contributed by atoms with van der Waals surface area (Å²) in [5.41, 5.74) is 1.84. The Labute approximate surface area is 199 Å². The maximum absolute atomic E-state index is 12.8. The van der Waals surface area contributed by atoms with Gasteiger partial charge in [0.05, 0.1) is 36.5 Å². The van der Waals surface area contributed by atoms with E-state index in [0.29, 0.717) is 29.0 Å². The van der Waals surface area contributed by atoms with E-state index in [2.05, 4.69) is 10.00 Å². The Morgan fingerprint density at radius 2 is 1.83 bits per heavy atom. The van der Waals surface area contributed by atoms with Gasteiger partial charge in [-0.25, -0.2) is 0 Å². The summed E-state index contributed by atoms with van der Waals surface area (Å²) >= 11 is 0. The van der Waals surface area contributed by atoms with Crippen LogP contribution in [0.2, 0.25) is 0 Å². The van der Waals surface area contributed by atoms with Gasteiger partial charge in [-0.2, -0.15) is 18.3 Å². The Morgan fingerprint density at radius 1 is 1.00 bits per heavy atom. The number of fused-ring (bicyclic) bond motifs is 3. The fourth-order valence-corrected chi connectivity index (χ4v) is 5.10. The molecule has 2 bridgehead atoms. The van der Waals surface area contributed by atoms with Gasteiger partial charge >= 0.3 is 6.18 Å². The van der Waals surface area contributed by atoms with Crippen molar-refractivity contribution in [3.8, 4) is 16.8 Å². The van der Waals surface area contributed by atoms with Crippen molar-refractivity contribution in [2.24, 2.45) is 0 Å². The molecule has 0 amide bonds. The molecule has 2 aliphatic heterocycles. The van der Waals surface area contributed by atoms with E-state index < -0.39 is 11.7 Å². The predicted molar refractivity (Wildman–Crippen MR) is 125 cm³/mol. The largest absolute Gasteiger partial charge is 0.416 e. The van der Waals surface area contributed by atoms with Gasteiger partial charge in [0.25, 0.3) is 5.56 Å². The van der Waals surface area contributed by atoms with Crippen molar-refractivity contribution in [2.75, 3.05) is 19.7 Å². The standard InChI is InChI=1S/C26H23F3N4O2/c27-26(28,29)20-3-1-17(2-4-20)18-7-8-32(25(34)12-18)21-5-6-24-19(11-21)14-30-33(24)10-9-31-15-23-13-22(31)16-35-23/h1-8,11-12,14,22-23H,9-10,13,15-16H2. The van der Waals surface area contributed by atoms with Gasteiger partial charge in [0, 0.05) is 42.5 Å². The van der Waals surface area contributed by atoms with E-state index in [9.17, 15) is 18.0 Å². The van der Waals surface area contributed by atoms with E-state index in [1.54, 1.807) is 18.5 Å². The summed E-state index contributed by atoms with van der Waals surface area (Å²) in [5.74, 6) is 0. The number of hydrogen-bond acceptors (Lipinski definition) is 4. The number of morpholine rings is 1. The molecular formula is C26H23F3N4O2. The summed E-state index contributed by atoms with van der Waals surface area (Å²) in [6.45, 7) is 3.52. The number of aromatic nitrogens is 3. The summed E-state index contributed by atoms with van der Waals surface area (Å²) in [5, 5.41) is 5.48. The van der Waals surface area contributed by atoms with Crippen molar-refractivity contribution in [1.82, 2.24) is 19.2 Å². The average molecular weight is 480 g/mol. The number of rotatable bonds is 5. The molecule has 0 saturated carbocycles. The van der Waals surface area contributed by atoms with Crippen LogP contribution in [0.3, 0.4) is 0 Å². The van der Waals surface area contributed by atoms with E-state index in [1.807, 2.05) is 22.9 Å². The maximum Gasteiger partial charge on any atom is 0.416 e. The Morgan fingerprint density at radius 3 is 2.51 bits per heavy atom. The van der Waals surface area contributed by atoms with E-state index in [1.165, 1.54) is 22.8 Å². The number of alkyl halides is 3. The number of pyridine rings is 1. The van der Waals surface area contributed by atoms with Crippen LogP contribution in [-0.4, -0.2) is 51.1 Å². The van der Waals surface area contributed by atoms with E-state index in [-0.39, 0.29) is 5.56 Å². The minimum absolute atomic E-state index is 0.263. The molecule has 0 radical (unpaired) electrons. The number of nitrogens with zero attached hydrogens (tertiary/aromatic N) is 4. The lowest BCUT2D eigenvalue weighted by atomic mass is 10.0. The van der Waals surface area contributed by atoms with Gasteiger partial charge < -0.3 is 4.74 Å². The highest BCUT2D eigenvalue weighted by Crippen LogP contribution is 2.31. The monoisotopic (exact) mass is 480 g/mol. The number of halogens is 3. The summed E-state index contributed by atoms with van der Waals surface area (Å²) in [6, 6.07) is 14.2. The molecule has 4 heterocycles. The van der Waals surface area contributed by atoms with Crippen molar-refractivity contribution in [3.05, 3.63) is 82.9 Å². The quantitative estimate of drug-likeness (QED) is 0.426. The zero-order valence-electron chi connectivity index (χ0n) is 18.8. The van der Waals surface area contributed by atoms with Crippen molar-refractivity contribution in [2.45, 2.75) is 31.3 Å². The third-order valence-corrected chi connectivity index (χ3v) is 6.98. The third kappa shape index (κ3) is 4.15. The van der Waals surface area contributed by atoms with Crippen LogP contribution in [0.15, 0.2) is 71.8 Å². The van der Waals surface area contributed by atoms with Gasteiger partial charge in [0.1, 0.15) is 0 Å². The first-order valence-electron chi connectivity index (χ1n) is 11.6. The second kappa shape index (κ2) is 8.35. The Balaban J connectivity index is 1.21. The molecule has 0 N–H and O–H groups in total. The molecule has 2 aliphatic rings. The molecule has 2 aromatic carbocycles. The molecule has 180 valence electrons. The van der Waals surface area contributed by atoms with E-state index >= 15 is 0 Å². The van der Waals surface area contributed by atoms with Crippen molar-refractivity contribution in [3.63, 3.8) is 0 Å². The second-order valence-corrected chi connectivity index (χ2v) is 9.15. The zero-order chi connectivity index (χ0) is 24.2. The first-order chi connectivity index (χ1) is 16.8. The first-order valence-corrected chi connectivity index (χ1v) is 11.6. The van der Waals surface area contributed by atoms with Crippen LogP contribution in [0.5, 0.6) is 0 Å².